The smallest absolute Gasteiger partial charge is 0.231 e. The van der Waals surface area contributed by atoms with E-state index in [1.165, 1.54) is 0 Å². The van der Waals surface area contributed by atoms with Gasteiger partial charge in [-0.25, -0.2) is 0 Å². The standard InChI is InChI=1S/C13H15N5O/c19-11-16-6-8-17(9-7-16)13-15-14-10-18(13)12-4-2-1-3-5-12/h1-5,10-11H,6-9H2. The molecule has 19 heavy (non-hydrogen) atoms. The Morgan fingerprint density at radius 2 is 1.79 bits per heavy atom. The summed E-state index contributed by atoms with van der Waals surface area (Å²) >= 11 is 0. The van der Waals surface area contributed by atoms with Crippen LogP contribution in [0, 0.1) is 0 Å². The van der Waals surface area contributed by atoms with Crippen LogP contribution in [0.2, 0.25) is 0 Å². The van der Waals surface area contributed by atoms with Crippen LogP contribution < -0.4 is 4.90 Å². The van der Waals surface area contributed by atoms with Gasteiger partial charge in [-0.3, -0.25) is 9.36 Å². The molecule has 98 valence electrons. The number of carbonyl (C=O) groups excluding carboxylic acids is 1. The van der Waals surface area contributed by atoms with Gasteiger partial charge in [0.15, 0.2) is 0 Å². The van der Waals surface area contributed by atoms with Crippen molar-refractivity contribution in [2.45, 2.75) is 0 Å². The highest BCUT2D eigenvalue weighted by molar-refractivity contribution is 5.49. The summed E-state index contributed by atoms with van der Waals surface area (Å²) in [5, 5.41) is 8.20. The number of para-hydroxylation sites is 1. The molecule has 1 fully saturated rings. The molecular weight excluding hydrogens is 242 g/mol. The van der Waals surface area contributed by atoms with Gasteiger partial charge in [-0.1, -0.05) is 18.2 Å². The number of hydrogen-bond donors (Lipinski definition) is 0. The van der Waals surface area contributed by atoms with Crippen LogP contribution in [0.3, 0.4) is 0 Å². The zero-order valence-electron chi connectivity index (χ0n) is 10.5. The SMILES string of the molecule is O=CN1CCN(c2nncn2-c2ccccc2)CC1. The highest BCUT2D eigenvalue weighted by Gasteiger charge is 2.20. The molecule has 0 unspecified atom stereocenters. The van der Waals surface area contributed by atoms with Gasteiger partial charge in [0.25, 0.3) is 0 Å². The monoisotopic (exact) mass is 257 g/mol. The van der Waals surface area contributed by atoms with Gasteiger partial charge in [-0.15, -0.1) is 10.2 Å². The van der Waals surface area contributed by atoms with E-state index in [-0.39, 0.29) is 0 Å². The summed E-state index contributed by atoms with van der Waals surface area (Å²) in [7, 11) is 0. The molecule has 1 aromatic heterocycles. The molecule has 0 radical (unpaired) electrons. The molecule has 0 atom stereocenters. The van der Waals surface area contributed by atoms with Crippen LogP contribution in [0.4, 0.5) is 5.95 Å². The van der Waals surface area contributed by atoms with Crippen LogP contribution >= 0.6 is 0 Å². The molecule has 1 saturated heterocycles. The van der Waals surface area contributed by atoms with Crippen molar-refractivity contribution < 1.29 is 4.79 Å². The summed E-state index contributed by atoms with van der Waals surface area (Å²) in [5.74, 6) is 0.830. The Morgan fingerprint density at radius 1 is 1.05 bits per heavy atom. The second-order valence-corrected chi connectivity index (χ2v) is 4.46. The average Bonchev–Trinajstić information content (AvgIpc) is 2.98. The van der Waals surface area contributed by atoms with Crippen LogP contribution in [0.5, 0.6) is 0 Å². The largest absolute Gasteiger partial charge is 0.342 e. The van der Waals surface area contributed by atoms with Crippen LogP contribution in [0.25, 0.3) is 5.69 Å². The van der Waals surface area contributed by atoms with E-state index in [2.05, 4.69) is 15.1 Å². The maximum Gasteiger partial charge on any atom is 0.231 e. The molecule has 0 bridgehead atoms. The lowest BCUT2D eigenvalue weighted by molar-refractivity contribution is -0.118. The molecule has 6 nitrogen and oxygen atoms in total. The topological polar surface area (TPSA) is 54.3 Å². The van der Waals surface area contributed by atoms with Crippen molar-refractivity contribution in [3.05, 3.63) is 36.7 Å². The Bertz CT molecular complexity index is 545. The van der Waals surface area contributed by atoms with E-state index < -0.39 is 0 Å². The number of rotatable bonds is 3. The van der Waals surface area contributed by atoms with Gasteiger partial charge in [-0.05, 0) is 12.1 Å². The highest BCUT2D eigenvalue weighted by Crippen LogP contribution is 2.17. The summed E-state index contributed by atoms with van der Waals surface area (Å²) < 4.78 is 1.97. The second kappa shape index (κ2) is 5.09. The Balaban J connectivity index is 1.83. The third kappa shape index (κ3) is 2.29. The quantitative estimate of drug-likeness (QED) is 0.753. The lowest BCUT2D eigenvalue weighted by atomic mass is 10.3. The van der Waals surface area contributed by atoms with Crippen molar-refractivity contribution in [2.24, 2.45) is 0 Å². The van der Waals surface area contributed by atoms with E-state index in [0.717, 1.165) is 44.2 Å². The van der Waals surface area contributed by atoms with E-state index in [0.29, 0.717) is 0 Å². The van der Waals surface area contributed by atoms with Crippen LogP contribution in [0.15, 0.2) is 36.7 Å². The second-order valence-electron chi connectivity index (χ2n) is 4.46. The predicted octanol–water partition coefficient (Wildman–Crippen LogP) is 0.546. The average molecular weight is 257 g/mol. The van der Waals surface area contributed by atoms with Crippen LogP contribution in [-0.4, -0.2) is 52.3 Å². The van der Waals surface area contributed by atoms with E-state index >= 15 is 0 Å². The zero-order valence-corrected chi connectivity index (χ0v) is 10.5. The molecule has 1 amide bonds. The zero-order chi connectivity index (χ0) is 13.1. The molecule has 0 spiro atoms. The van der Waals surface area contributed by atoms with Crippen molar-refractivity contribution in [2.75, 3.05) is 31.1 Å². The maximum absolute atomic E-state index is 10.7. The fourth-order valence-electron chi connectivity index (χ4n) is 2.24. The molecule has 0 aliphatic carbocycles. The van der Waals surface area contributed by atoms with Crippen molar-refractivity contribution in [3.63, 3.8) is 0 Å². The molecule has 2 aromatic rings. The lowest BCUT2D eigenvalue weighted by Crippen LogP contribution is -2.46. The van der Waals surface area contributed by atoms with Gasteiger partial charge < -0.3 is 9.80 Å². The maximum atomic E-state index is 10.7. The Labute approximate surface area is 111 Å². The Kier molecular flexibility index (Phi) is 3.14. The number of amides is 1. The van der Waals surface area contributed by atoms with E-state index in [1.807, 2.05) is 34.9 Å². The summed E-state index contributed by atoms with van der Waals surface area (Å²) in [6, 6.07) is 10.0. The first-order chi connectivity index (χ1) is 9.38. The fourth-order valence-corrected chi connectivity index (χ4v) is 2.24. The number of benzene rings is 1. The number of nitrogens with zero attached hydrogens (tertiary/aromatic N) is 5. The van der Waals surface area contributed by atoms with Gasteiger partial charge in [-0.2, -0.15) is 0 Å². The molecule has 2 heterocycles. The molecule has 1 aliphatic rings. The Morgan fingerprint density at radius 3 is 2.47 bits per heavy atom. The molecule has 0 saturated carbocycles. The first kappa shape index (κ1) is 11.7. The van der Waals surface area contributed by atoms with Crippen LogP contribution in [0.1, 0.15) is 0 Å². The number of hydrogen-bond acceptors (Lipinski definition) is 4. The minimum absolute atomic E-state index is 0.727. The van der Waals surface area contributed by atoms with Gasteiger partial charge in [0.1, 0.15) is 6.33 Å². The lowest BCUT2D eigenvalue weighted by Gasteiger charge is -2.32. The van der Waals surface area contributed by atoms with E-state index in [4.69, 9.17) is 0 Å². The highest BCUT2D eigenvalue weighted by atomic mass is 16.1. The van der Waals surface area contributed by atoms with E-state index in [9.17, 15) is 4.79 Å². The molecular formula is C13H15N5O. The number of piperazine rings is 1. The first-order valence-corrected chi connectivity index (χ1v) is 6.28. The molecule has 6 heteroatoms. The third-order valence-corrected chi connectivity index (χ3v) is 3.31. The summed E-state index contributed by atoms with van der Waals surface area (Å²) in [6.07, 6.45) is 2.62. The van der Waals surface area contributed by atoms with Crippen molar-refractivity contribution in [1.29, 1.82) is 0 Å². The van der Waals surface area contributed by atoms with Gasteiger partial charge >= 0.3 is 0 Å². The summed E-state index contributed by atoms with van der Waals surface area (Å²) in [6.45, 7) is 3.02. The fraction of sp³-hybridized carbons (Fsp3) is 0.308. The van der Waals surface area contributed by atoms with Crippen molar-refractivity contribution >= 4 is 12.4 Å². The minimum atomic E-state index is 0.727. The van der Waals surface area contributed by atoms with Gasteiger partial charge in [0.2, 0.25) is 12.4 Å². The van der Waals surface area contributed by atoms with E-state index in [1.54, 1.807) is 11.2 Å². The van der Waals surface area contributed by atoms with Gasteiger partial charge in [0.05, 0.1) is 5.69 Å². The van der Waals surface area contributed by atoms with Gasteiger partial charge in [0, 0.05) is 26.2 Å². The summed E-state index contributed by atoms with van der Waals surface area (Å²) in [5.41, 5.74) is 1.04. The predicted molar refractivity (Wildman–Crippen MR) is 71.2 cm³/mol. The molecule has 1 aromatic carbocycles. The first-order valence-electron chi connectivity index (χ1n) is 6.28. The minimum Gasteiger partial charge on any atom is -0.342 e. The molecule has 1 aliphatic heterocycles. The molecule has 3 rings (SSSR count). The van der Waals surface area contributed by atoms with Crippen molar-refractivity contribution in [1.82, 2.24) is 19.7 Å². The normalized spacial score (nSPS) is 15.6. The molecule has 0 N–H and O–H groups in total. The van der Waals surface area contributed by atoms with Crippen molar-refractivity contribution in [3.8, 4) is 5.69 Å². The number of aromatic nitrogens is 3. The summed E-state index contributed by atoms with van der Waals surface area (Å²) in [4.78, 5) is 14.6. The number of carbonyl (C=O) groups is 1. The number of anilines is 1. The third-order valence-electron chi connectivity index (χ3n) is 3.31. The van der Waals surface area contributed by atoms with Crippen LogP contribution in [-0.2, 0) is 4.79 Å². The Hall–Kier alpha value is -2.37.